The zero-order valence-corrected chi connectivity index (χ0v) is 29.3. The summed E-state index contributed by atoms with van der Waals surface area (Å²) in [6.45, 7) is 1.72. The van der Waals surface area contributed by atoms with Crippen molar-refractivity contribution in [2.75, 3.05) is 24.0 Å². The number of carbonyl (C=O) groups excluding carboxylic acids is 4. The Bertz CT molecular complexity index is 2170. The highest BCUT2D eigenvalue weighted by atomic mass is 35.5. The highest BCUT2D eigenvalue weighted by Gasteiger charge is 2.77. The standard InChI is InChI=1S/C35H24Cl3F5N2O7/c1-12-4-5-13(8-18(12)36)44-30(47)16-7-6-15-17(21(16)31(44)48)11-34(37)32(49)45(29-27(42)25(40)24(39)26(41)28(29)43)33(50)35(34,38)23(15)22-19(46)9-14(51-2)10-20(22)52-3/h4-6,8-10,16-17,21,23,46H,7,11H2,1-3H3/t16-,17+,21-,23+,34+,35-/m0/s1. The molecule has 272 valence electrons. The van der Waals surface area contributed by atoms with Crippen LogP contribution in [0, 0.1) is 53.8 Å². The molecule has 2 aliphatic carbocycles. The Morgan fingerprint density at radius 2 is 1.46 bits per heavy atom. The second kappa shape index (κ2) is 12.1. The van der Waals surface area contributed by atoms with Gasteiger partial charge in [-0.2, -0.15) is 0 Å². The summed E-state index contributed by atoms with van der Waals surface area (Å²) in [4.78, 5) is 52.1. The van der Waals surface area contributed by atoms with E-state index in [4.69, 9.17) is 44.3 Å². The Morgan fingerprint density at radius 3 is 2.06 bits per heavy atom. The van der Waals surface area contributed by atoms with Crippen molar-refractivity contribution in [3.05, 3.63) is 87.2 Å². The van der Waals surface area contributed by atoms with E-state index in [2.05, 4.69) is 0 Å². The van der Waals surface area contributed by atoms with E-state index in [1.807, 2.05) is 0 Å². The maximum Gasteiger partial charge on any atom is 0.258 e. The first-order valence-electron chi connectivity index (χ1n) is 15.5. The number of allylic oxidation sites excluding steroid dienone is 2. The normalized spacial score (nSPS) is 28.2. The van der Waals surface area contributed by atoms with E-state index in [0.717, 1.165) is 11.0 Å². The van der Waals surface area contributed by atoms with Gasteiger partial charge in [-0.05, 0) is 43.4 Å². The number of carbonyl (C=O) groups is 4. The first kappa shape index (κ1) is 36.0. The molecule has 1 N–H and O–H groups in total. The van der Waals surface area contributed by atoms with Crippen LogP contribution in [0.3, 0.4) is 0 Å². The molecule has 52 heavy (non-hydrogen) atoms. The van der Waals surface area contributed by atoms with Crippen molar-refractivity contribution in [2.45, 2.75) is 35.4 Å². The Kier molecular flexibility index (Phi) is 8.35. The Labute approximate surface area is 306 Å². The van der Waals surface area contributed by atoms with Crippen molar-refractivity contribution in [2.24, 2.45) is 17.8 Å². The summed E-state index contributed by atoms with van der Waals surface area (Å²) in [7, 11) is 2.46. The van der Waals surface area contributed by atoms with Gasteiger partial charge in [0.05, 0.1) is 31.7 Å². The minimum atomic E-state index is -2.86. The molecule has 3 fully saturated rings. The molecule has 2 saturated heterocycles. The number of hydrogen-bond donors (Lipinski definition) is 1. The fourth-order valence-corrected chi connectivity index (χ4v) is 9.12. The number of nitrogens with zero attached hydrogens (tertiary/aromatic N) is 2. The van der Waals surface area contributed by atoms with Crippen LogP contribution in [-0.4, -0.2) is 52.7 Å². The lowest BCUT2D eigenvalue weighted by molar-refractivity contribution is -0.125. The number of hydrogen-bond acceptors (Lipinski definition) is 7. The second-order valence-electron chi connectivity index (χ2n) is 12.9. The maximum atomic E-state index is 15.3. The molecule has 0 aromatic heterocycles. The third kappa shape index (κ3) is 4.52. The van der Waals surface area contributed by atoms with Gasteiger partial charge >= 0.3 is 0 Å². The van der Waals surface area contributed by atoms with Crippen LogP contribution in [0.2, 0.25) is 5.02 Å². The van der Waals surface area contributed by atoms with Gasteiger partial charge in [0.2, 0.25) is 17.6 Å². The number of rotatable bonds is 5. The summed E-state index contributed by atoms with van der Waals surface area (Å²) in [5.74, 6) is -23.2. The van der Waals surface area contributed by atoms with Gasteiger partial charge in [0.15, 0.2) is 33.0 Å². The lowest BCUT2D eigenvalue weighted by Gasteiger charge is -2.50. The van der Waals surface area contributed by atoms with Crippen molar-refractivity contribution in [1.29, 1.82) is 0 Å². The minimum Gasteiger partial charge on any atom is -0.507 e. The Morgan fingerprint density at radius 1 is 0.827 bits per heavy atom. The summed E-state index contributed by atoms with van der Waals surface area (Å²) in [5, 5.41) is 11.7. The third-order valence-electron chi connectivity index (χ3n) is 10.5. The number of alkyl halides is 2. The highest BCUT2D eigenvalue weighted by molar-refractivity contribution is 6.58. The fourth-order valence-electron chi connectivity index (χ4n) is 8.02. The fraction of sp³-hybridized carbons (Fsp3) is 0.314. The first-order valence-corrected chi connectivity index (χ1v) is 16.7. The number of phenols is 1. The summed E-state index contributed by atoms with van der Waals surface area (Å²) in [6, 6.07) is 6.94. The summed E-state index contributed by atoms with van der Waals surface area (Å²) < 4.78 is 84.4. The molecule has 3 aromatic carbocycles. The summed E-state index contributed by atoms with van der Waals surface area (Å²) >= 11 is 20.6. The molecular formula is C35H24Cl3F5N2O7. The van der Waals surface area contributed by atoms with Gasteiger partial charge in [-0.3, -0.25) is 19.2 Å². The van der Waals surface area contributed by atoms with Crippen molar-refractivity contribution in [3.8, 4) is 17.2 Å². The number of halogens is 8. The van der Waals surface area contributed by atoms with Crippen molar-refractivity contribution < 1.29 is 55.7 Å². The molecule has 6 atom stereocenters. The molecule has 4 amide bonds. The number of anilines is 2. The molecule has 0 unspecified atom stereocenters. The van der Waals surface area contributed by atoms with E-state index < -0.39 is 104 Å². The number of phenolic OH excluding ortho intramolecular Hbond substituents is 1. The molecule has 1 saturated carbocycles. The average Bonchev–Trinajstić information content (AvgIpc) is 3.45. The number of benzene rings is 3. The molecule has 4 aliphatic rings. The predicted molar refractivity (Wildman–Crippen MR) is 176 cm³/mol. The first-order chi connectivity index (χ1) is 24.5. The summed E-state index contributed by atoms with van der Waals surface area (Å²) in [5.41, 5.74) is -1.26. The van der Waals surface area contributed by atoms with Crippen LogP contribution in [0.4, 0.5) is 33.3 Å². The van der Waals surface area contributed by atoms with Gasteiger partial charge in [-0.1, -0.05) is 29.3 Å². The van der Waals surface area contributed by atoms with Gasteiger partial charge in [0.25, 0.3) is 11.8 Å². The topological polar surface area (TPSA) is 113 Å². The van der Waals surface area contributed by atoms with Crippen LogP contribution in [0.25, 0.3) is 0 Å². The Balaban J connectivity index is 1.47. The van der Waals surface area contributed by atoms with Crippen molar-refractivity contribution in [1.82, 2.24) is 0 Å². The molecule has 3 aromatic rings. The molecule has 2 heterocycles. The van der Waals surface area contributed by atoms with Gasteiger partial charge in [0, 0.05) is 28.6 Å². The molecule has 0 spiro atoms. The third-order valence-corrected chi connectivity index (χ3v) is 12.3. The van der Waals surface area contributed by atoms with Crippen LogP contribution < -0.4 is 19.3 Å². The number of methoxy groups -OCH3 is 2. The predicted octanol–water partition coefficient (Wildman–Crippen LogP) is 6.83. The molecule has 7 rings (SSSR count). The molecule has 0 radical (unpaired) electrons. The van der Waals surface area contributed by atoms with E-state index in [1.165, 1.54) is 38.5 Å². The van der Waals surface area contributed by atoms with Gasteiger partial charge < -0.3 is 14.6 Å². The number of fused-ring (bicyclic) bond motifs is 4. The molecule has 2 aliphatic heterocycles. The van der Waals surface area contributed by atoms with Crippen LogP contribution in [0.15, 0.2) is 42.0 Å². The SMILES string of the molecule is COc1cc(O)c([C@H]2C3=CC[C@@H]4C(=O)N(c5ccc(C)c(Cl)c5)C(=O)[C@@H]4[C@@H]3C[C@@]3(Cl)C(=O)N(c4c(F)c(F)c(F)c(F)c4F)C(=O)[C@@]23Cl)c(OC)c1. The molecular weight excluding hydrogens is 762 g/mol. The highest BCUT2D eigenvalue weighted by Crippen LogP contribution is 2.67. The van der Waals surface area contributed by atoms with Crippen molar-refractivity contribution >= 4 is 69.8 Å². The molecule has 0 bridgehead atoms. The Hall–Kier alpha value is -4.40. The lowest BCUT2D eigenvalue weighted by Crippen LogP contribution is -2.60. The zero-order valence-electron chi connectivity index (χ0n) is 27.0. The molecule has 17 heteroatoms. The van der Waals surface area contributed by atoms with E-state index in [9.17, 15) is 37.5 Å². The van der Waals surface area contributed by atoms with Gasteiger partial charge in [-0.15, -0.1) is 23.2 Å². The van der Waals surface area contributed by atoms with Crippen LogP contribution in [0.1, 0.15) is 29.9 Å². The number of amides is 4. The van der Waals surface area contributed by atoms with E-state index in [0.29, 0.717) is 5.56 Å². The molecule has 9 nitrogen and oxygen atoms in total. The van der Waals surface area contributed by atoms with Crippen LogP contribution >= 0.6 is 34.8 Å². The quantitative estimate of drug-likeness (QED) is 0.0754. The van der Waals surface area contributed by atoms with E-state index in [1.54, 1.807) is 13.0 Å². The minimum absolute atomic E-state index is 0.0599. The van der Waals surface area contributed by atoms with Crippen LogP contribution in [-0.2, 0) is 19.2 Å². The van der Waals surface area contributed by atoms with Crippen LogP contribution in [0.5, 0.6) is 17.2 Å². The second-order valence-corrected chi connectivity index (χ2v) is 14.5. The van der Waals surface area contributed by atoms with E-state index in [-0.39, 0.29) is 44.7 Å². The number of ether oxygens (including phenoxy) is 2. The number of aryl methyl sites for hydroxylation is 1. The van der Waals surface area contributed by atoms with Gasteiger partial charge in [-0.25, -0.2) is 31.8 Å². The lowest BCUT2D eigenvalue weighted by atomic mass is 9.56. The van der Waals surface area contributed by atoms with E-state index >= 15 is 8.78 Å². The smallest absolute Gasteiger partial charge is 0.258 e. The number of imide groups is 2. The zero-order chi connectivity index (χ0) is 37.9. The maximum absolute atomic E-state index is 15.3. The monoisotopic (exact) mass is 784 g/mol. The largest absolute Gasteiger partial charge is 0.507 e. The average molecular weight is 786 g/mol. The summed E-state index contributed by atoms with van der Waals surface area (Å²) in [6.07, 6.45) is 0.660. The number of aromatic hydroxyl groups is 1. The van der Waals surface area contributed by atoms with Gasteiger partial charge in [0.1, 0.15) is 22.9 Å². The van der Waals surface area contributed by atoms with Crippen molar-refractivity contribution in [3.63, 3.8) is 0 Å².